The molecule has 1 atom stereocenters. The molecule has 0 aliphatic carbocycles. The summed E-state index contributed by atoms with van der Waals surface area (Å²) in [7, 11) is 6.15. The van der Waals surface area contributed by atoms with E-state index in [0.717, 1.165) is 25.7 Å². The van der Waals surface area contributed by atoms with Crippen LogP contribution in [0.3, 0.4) is 0 Å². The highest BCUT2D eigenvalue weighted by molar-refractivity contribution is 5.72. The first-order chi connectivity index (χ1) is 16.3. The molecule has 0 spiro atoms. The van der Waals surface area contributed by atoms with Crippen LogP contribution in [0, 0.1) is 0 Å². The van der Waals surface area contributed by atoms with Gasteiger partial charge < -0.3 is 26.4 Å². The summed E-state index contributed by atoms with van der Waals surface area (Å²) in [5.41, 5.74) is 0. The summed E-state index contributed by atoms with van der Waals surface area (Å²) in [6.07, 6.45) is 20.9. The Morgan fingerprint density at radius 3 is 1.51 bits per heavy atom. The molecule has 0 unspecified atom stereocenters. The van der Waals surface area contributed by atoms with E-state index in [1.807, 2.05) is 21.1 Å². The van der Waals surface area contributed by atoms with Crippen LogP contribution in [0.4, 0.5) is 0 Å². The summed E-state index contributed by atoms with van der Waals surface area (Å²) in [5, 5.41) is 0. The lowest BCUT2D eigenvalue weighted by Gasteiger charge is -2.28. The Morgan fingerprint density at radius 1 is 0.629 bits per heavy atom. The van der Waals surface area contributed by atoms with E-state index >= 15 is 0 Å². The summed E-state index contributed by atoms with van der Waals surface area (Å²) >= 11 is 0. The lowest BCUT2D eigenvalue weighted by Crippen LogP contribution is -3.00. The smallest absolute Gasteiger partial charge is 0.309 e. The Hall–Kier alpha value is -0.810. The largest absolute Gasteiger partial charge is 1.00 e. The van der Waals surface area contributed by atoms with Gasteiger partial charge in [-0.1, -0.05) is 110 Å². The molecule has 0 aliphatic heterocycles. The van der Waals surface area contributed by atoms with Crippen molar-refractivity contribution < 1.29 is 36.0 Å². The lowest BCUT2D eigenvalue weighted by molar-refractivity contribution is -0.873. The van der Waals surface area contributed by atoms with Crippen molar-refractivity contribution in [1.29, 1.82) is 0 Å². The fourth-order valence-corrected chi connectivity index (χ4v) is 4.25. The maximum absolute atomic E-state index is 12.4. The van der Waals surface area contributed by atoms with Crippen molar-refractivity contribution in [2.75, 3.05) is 34.3 Å². The van der Waals surface area contributed by atoms with Gasteiger partial charge in [0.2, 0.25) is 0 Å². The minimum Gasteiger partial charge on any atom is -1.00 e. The molecule has 0 aromatic heterocycles. The Labute approximate surface area is 224 Å². The van der Waals surface area contributed by atoms with Gasteiger partial charge in [0.15, 0.2) is 6.10 Å². The molecule has 0 heterocycles. The van der Waals surface area contributed by atoms with Crippen LogP contribution in [0.25, 0.3) is 0 Å². The molecule has 0 radical (unpaired) electrons. The number of nitrogens with zero attached hydrogens (tertiary/aromatic N) is 1. The molecule has 0 N–H and O–H groups in total. The molecule has 0 amide bonds. The van der Waals surface area contributed by atoms with Crippen molar-refractivity contribution >= 4 is 11.9 Å². The first-order valence-electron chi connectivity index (χ1n) is 14.4. The average Bonchev–Trinajstić information content (AvgIpc) is 2.75. The number of carbonyl (C=O) groups is 2. The zero-order valence-corrected chi connectivity index (χ0v) is 24.6. The molecule has 5 nitrogen and oxygen atoms in total. The number of rotatable bonds is 24. The number of ether oxygens (including phenoxy) is 2. The third-order valence-corrected chi connectivity index (χ3v) is 6.19. The molecule has 0 aromatic carbocycles. The predicted molar refractivity (Wildman–Crippen MR) is 143 cm³/mol. The lowest BCUT2D eigenvalue weighted by atomic mass is 10.1. The highest BCUT2D eigenvalue weighted by Crippen LogP contribution is 2.13. The number of unbranched alkanes of at least 4 members (excludes halogenated alkanes) is 15. The Bertz CT molecular complexity index is 494. The van der Waals surface area contributed by atoms with Crippen molar-refractivity contribution in [3.63, 3.8) is 0 Å². The Morgan fingerprint density at radius 2 is 1.06 bits per heavy atom. The van der Waals surface area contributed by atoms with Gasteiger partial charge in [0.25, 0.3) is 0 Å². The third kappa shape index (κ3) is 27.6. The van der Waals surface area contributed by atoms with Crippen LogP contribution in [0.15, 0.2) is 0 Å². The van der Waals surface area contributed by atoms with Crippen molar-refractivity contribution in [2.45, 2.75) is 142 Å². The van der Waals surface area contributed by atoms with E-state index in [1.54, 1.807) is 0 Å². The number of esters is 2. The van der Waals surface area contributed by atoms with Gasteiger partial charge in [-0.3, -0.25) is 9.59 Å². The number of likely N-dealkylation sites (N-methyl/N-ethyl adjacent to an activating group) is 1. The van der Waals surface area contributed by atoms with E-state index in [2.05, 4.69) is 13.8 Å². The second-order valence-electron chi connectivity index (χ2n) is 11.1. The van der Waals surface area contributed by atoms with Gasteiger partial charge in [-0.15, -0.1) is 0 Å². The fourth-order valence-electron chi connectivity index (χ4n) is 4.25. The van der Waals surface area contributed by atoms with Crippen LogP contribution < -0.4 is 12.4 Å². The zero-order chi connectivity index (χ0) is 25.5. The minimum atomic E-state index is -0.419. The van der Waals surface area contributed by atoms with Crippen LogP contribution in [-0.2, 0) is 19.1 Å². The zero-order valence-electron chi connectivity index (χ0n) is 23.9. The van der Waals surface area contributed by atoms with Gasteiger partial charge in [-0.2, -0.15) is 0 Å². The molecule has 0 bridgehead atoms. The SMILES string of the molecule is CCCCCCCCCCCOC(=O)C[C@H](C[N+](C)(C)C)OC(=O)CCCCCCCCCC.[Cl-]. The summed E-state index contributed by atoms with van der Waals surface area (Å²) in [6, 6.07) is 0. The summed E-state index contributed by atoms with van der Waals surface area (Å²) in [5.74, 6) is -0.436. The molecular formula is C29H58ClNO4. The third-order valence-electron chi connectivity index (χ3n) is 6.19. The molecule has 0 aromatic rings. The maximum Gasteiger partial charge on any atom is 0.309 e. The van der Waals surface area contributed by atoms with E-state index < -0.39 is 6.10 Å². The van der Waals surface area contributed by atoms with Crippen LogP contribution >= 0.6 is 0 Å². The second kappa shape index (κ2) is 24.9. The van der Waals surface area contributed by atoms with E-state index in [0.29, 0.717) is 24.1 Å². The highest BCUT2D eigenvalue weighted by Gasteiger charge is 2.25. The molecule has 0 rings (SSSR count). The molecule has 0 fully saturated rings. The second-order valence-corrected chi connectivity index (χ2v) is 11.1. The topological polar surface area (TPSA) is 52.6 Å². The maximum atomic E-state index is 12.4. The van der Waals surface area contributed by atoms with E-state index in [9.17, 15) is 9.59 Å². The number of quaternary nitrogens is 1. The van der Waals surface area contributed by atoms with Crippen LogP contribution in [0.1, 0.15) is 136 Å². The molecule has 6 heteroatoms. The number of halogens is 1. The van der Waals surface area contributed by atoms with Crippen LogP contribution in [0.2, 0.25) is 0 Å². The molecule has 0 aliphatic rings. The van der Waals surface area contributed by atoms with Gasteiger partial charge in [0, 0.05) is 6.42 Å². The molecule has 210 valence electrons. The normalized spacial score (nSPS) is 12.1. The Kier molecular flexibility index (Phi) is 25.8. The molecule has 0 saturated heterocycles. The standard InChI is InChI=1S/C29H58NO4.ClH/c1-6-8-10-12-14-16-18-20-22-24-33-29(32)25-27(26-30(3,4)5)34-28(31)23-21-19-17-15-13-11-9-7-2;/h27H,6-26H2,1-5H3;1H/q+1;/p-1/t27-;/m1./s1. The average molecular weight is 520 g/mol. The fraction of sp³-hybridized carbons (Fsp3) is 0.931. The monoisotopic (exact) mass is 519 g/mol. The van der Waals surface area contributed by atoms with Crippen LogP contribution in [0.5, 0.6) is 0 Å². The first kappa shape index (κ1) is 36.3. The van der Waals surface area contributed by atoms with Crippen molar-refractivity contribution in [2.24, 2.45) is 0 Å². The van der Waals surface area contributed by atoms with Gasteiger partial charge in [0.1, 0.15) is 6.54 Å². The van der Waals surface area contributed by atoms with E-state index in [1.165, 1.54) is 83.5 Å². The highest BCUT2D eigenvalue weighted by atomic mass is 35.5. The van der Waals surface area contributed by atoms with Gasteiger partial charge in [0.05, 0.1) is 34.2 Å². The summed E-state index contributed by atoms with van der Waals surface area (Å²) < 4.78 is 11.8. The molecule has 0 saturated carbocycles. The van der Waals surface area contributed by atoms with Crippen molar-refractivity contribution in [1.82, 2.24) is 0 Å². The summed E-state index contributed by atoms with van der Waals surface area (Å²) in [4.78, 5) is 24.7. The van der Waals surface area contributed by atoms with Crippen molar-refractivity contribution in [3.8, 4) is 0 Å². The predicted octanol–water partition coefficient (Wildman–Crippen LogP) is 4.60. The van der Waals surface area contributed by atoms with Gasteiger partial charge >= 0.3 is 11.9 Å². The van der Waals surface area contributed by atoms with Gasteiger partial charge in [-0.05, 0) is 12.8 Å². The first-order valence-corrected chi connectivity index (χ1v) is 14.4. The summed E-state index contributed by atoms with van der Waals surface area (Å²) in [6.45, 7) is 5.55. The minimum absolute atomic E-state index is 0. The number of hydrogen-bond donors (Lipinski definition) is 0. The van der Waals surface area contributed by atoms with Crippen LogP contribution in [-0.4, -0.2) is 56.8 Å². The quantitative estimate of drug-likeness (QED) is 0.106. The molecule has 35 heavy (non-hydrogen) atoms. The van der Waals surface area contributed by atoms with E-state index in [-0.39, 0.29) is 30.8 Å². The van der Waals surface area contributed by atoms with Crippen molar-refractivity contribution in [3.05, 3.63) is 0 Å². The number of hydrogen-bond acceptors (Lipinski definition) is 4. The Balaban J connectivity index is 0. The van der Waals surface area contributed by atoms with Gasteiger partial charge in [-0.25, -0.2) is 0 Å². The number of carbonyl (C=O) groups excluding carboxylic acids is 2. The van der Waals surface area contributed by atoms with E-state index in [4.69, 9.17) is 9.47 Å². The molecular weight excluding hydrogens is 462 g/mol.